The Balaban J connectivity index is 1.63. The molecule has 6 heteroatoms. The Morgan fingerprint density at radius 1 is 1.37 bits per heavy atom. The summed E-state index contributed by atoms with van der Waals surface area (Å²) in [7, 11) is 0. The fraction of sp³-hybridized carbons (Fsp3) is 0.462. The van der Waals surface area contributed by atoms with E-state index < -0.39 is 11.6 Å². The summed E-state index contributed by atoms with van der Waals surface area (Å²) >= 11 is 0. The van der Waals surface area contributed by atoms with Crippen LogP contribution in [0.1, 0.15) is 12.8 Å². The first-order valence-corrected chi connectivity index (χ1v) is 6.33. The minimum Gasteiger partial charge on any atom is -0.354 e. The molecule has 0 saturated carbocycles. The third-order valence-corrected chi connectivity index (χ3v) is 4.23. The van der Waals surface area contributed by atoms with Gasteiger partial charge in [0.05, 0.1) is 12.1 Å². The van der Waals surface area contributed by atoms with Gasteiger partial charge >= 0.3 is 0 Å². The Morgan fingerprint density at radius 3 is 2.95 bits per heavy atom. The van der Waals surface area contributed by atoms with E-state index in [1.165, 1.54) is 0 Å². The van der Waals surface area contributed by atoms with Crippen molar-refractivity contribution >= 4 is 17.7 Å². The van der Waals surface area contributed by atoms with Gasteiger partial charge in [0.25, 0.3) is 5.91 Å². The molecular formula is C13H12N2O4. The van der Waals surface area contributed by atoms with Gasteiger partial charge in [-0.1, -0.05) is 18.2 Å². The minimum absolute atomic E-state index is 0.0465. The summed E-state index contributed by atoms with van der Waals surface area (Å²) in [5, 5.41) is 2.29. The Bertz CT molecular complexity index is 579. The summed E-state index contributed by atoms with van der Waals surface area (Å²) in [5.41, 5.74) is 0.0952. The number of carbonyl (C=O) groups is 3. The smallest absolute Gasteiger partial charge is 0.253 e. The largest absolute Gasteiger partial charge is 0.354 e. The molecule has 3 atom stereocenters. The summed E-state index contributed by atoms with van der Waals surface area (Å²) in [4.78, 5) is 36.9. The quantitative estimate of drug-likeness (QED) is 0.498. The minimum atomic E-state index is -0.559. The van der Waals surface area contributed by atoms with Gasteiger partial charge < -0.3 is 9.64 Å². The second-order valence-corrected chi connectivity index (χ2v) is 5.29. The van der Waals surface area contributed by atoms with Crippen LogP contribution >= 0.6 is 0 Å². The lowest BCUT2D eigenvalue weighted by Crippen LogP contribution is -2.53. The van der Waals surface area contributed by atoms with Gasteiger partial charge in [0.2, 0.25) is 11.8 Å². The van der Waals surface area contributed by atoms with Crippen molar-refractivity contribution in [2.45, 2.75) is 30.6 Å². The Morgan fingerprint density at radius 2 is 2.21 bits per heavy atom. The van der Waals surface area contributed by atoms with Crippen LogP contribution in [0, 0.1) is 0 Å². The summed E-state index contributed by atoms with van der Waals surface area (Å²) in [5.74, 6) is -0.809. The van der Waals surface area contributed by atoms with E-state index in [1.807, 2.05) is 12.2 Å². The van der Waals surface area contributed by atoms with Crippen LogP contribution in [-0.2, 0) is 19.1 Å². The van der Waals surface area contributed by atoms with Gasteiger partial charge in [-0.2, -0.15) is 0 Å². The highest BCUT2D eigenvalue weighted by molar-refractivity contribution is 6.06. The van der Waals surface area contributed by atoms with Crippen LogP contribution in [0.2, 0.25) is 0 Å². The molecule has 3 heterocycles. The van der Waals surface area contributed by atoms with Crippen molar-refractivity contribution in [1.29, 1.82) is 0 Å². The lowest BCUT2D eigenvalue weighted by Gasteiger charge is -2.29. The maximum atomic E-state index is 12.4. The molecule has 4 rings (SSSR count). The fourth-order valence-corrected chi connectivity index (χ4v) is 3.17. The first kappa shape index (κ1) is 10.9. The molecule has 1 aliphatic carbocycles. The highest BCUT2D eigenvalue weighted by Gasteiger charge is 2.67. The van der Waals surface area contributed by atoms with Gasteiger partial charge in [0.1, 0.15) is 17.7 Å². The molecule has 6 nitrogen and oxygen atoms in total. The zero-order valence-electron chi connectivity index (χ0n) is 10.1. The summed E-state index contributed by atoms with van der Waals surface area (Å²) in [6, 6.07) is -0.559. The number of allylic oxidation sites excluding steroid dienone is 2. The van der Waals surface area contributed by atoms with Crippen LogP contribution < -0.4 is 5.32 Å². The van der Waals surface area contributed by atoms with Crippen LogP contribution in [0.4, 0.5) is 0 Å². The predicted molar refractivity (Wildman–Crippen MR) is 62.7 cm³/mol. The molecule has 0 radical (unpaired) electrons. The maximum absolute atomic E-state index is 12.4. The van der Waals surface area contributed by atoms with E-state index in [-0.39, 0.29) is 30.2 Å². The number of likely N-dealkylation sites (tertiary alicyclic amines) is 1. The highest BCUT2D eigenvalue weighted by atomic mass is 16.6. The normalized spacial score (nSPS) is 39.7. The van der Waals surface area contributed by atoms with Gasteiger partial charge in [-0.25, -0.2) is 0 Å². The summed E-state index contributed by atoms with van der Waals surface area (Å²) < 4.78 is 5.62. The Hall–Kier alpha value is -1.95. The average Bonchev–Trinajstić information content (AvgIpc) is 3.03. The molecule has 3 aliphatic heterocycles. The van der Waals surface area contributed by atoms with E-state index in [9.17, 15) is 14.4 Å². The molecule has 4 aliphatic rings. The van der Waals surface area contributed by atoms with Gasteiger partial charge in [0.15, 0.2) is 0 Å². The fourth-order valence-electron chi connectivity index (χ4n) is 3.17. The van der Waals surface area contributed by atoms with Crippen molar-refractivity contribution in [2.75, 3.05) is 6.54 Å². The molecule has 1 spiro atoms. The maximum Gasteiger partial charge on any atom is 0.253 e. The molecule has 0 aromatic rings. The number of carbonyl (C=O) groups excluding carboxylic acids is 3. The molecule has 19 heavy (non-hydrogen) atoms. The van der Waals surface area contributed by atoms with Crippen molar-refractivity contribution in [2.24, 2.45) is 0 Å². The molecule has 0 bridgehead atoms. The van der Waals surface area contributed by atoms with Crippen LogP contribution in [0.5, 0.6) is 0 Å². The Kier molecular flexibility index (Phi) is 1.91. The number of amides is 3. The molecular weight excluding hydrogens is 248 g/mol. The molecule has 3 saturated heterocycles. The van der Waals surface area contributed by atoms with Crippen molar-refractivity contribution in [3.63, 3.8) is 0 Å². The first-order valence-electron chi connectivity index (χ1n) is 6.33. The second-order valence-electron chi connectivity index (χ2n) is 5.29. The number of hydrogen-bond donors (Lipinski definition) is 1. The first-order chi connectivity index (χ1) is 9.12. The van der Waals surface area contributed by atoms with E-state index in [0.29, 0.717) is 18.5 Å². The van der Waals surface area contributed by atoms with Crippen molar-refractivity contribution in [1.82, 2.24) is 10.2 Å². The van der Waals surface area contributed by atoms with Crippen LogP contribution in [-0.4, -0.2) is 46.9 Å². The van der Waals surface area contributed by atoms with Crippen molar-refractivity contribution < 1.29 is 19.1 Å². The zero-order chi connectivity index (χ0) is 13.2. The topological polar surface area (TPSA) is 79.0 Å². The number of nitrogens with one attached hydrogen (secondary N) is 1. The highest BCUT2D eigenvalue weighted by Crippen LogP contribution is 2.51. The lowest BCUT2D eigenvalue weighted by molar-refractivity contribution is -0.142. The number of epoxide rings is 1. The number of ether oxygens (including phenoxy) is 1. The summed E-state index contributed by atoms with van der Waals surface area (Å²) in [6.07, 6.45) is 6.11. The number of nitrogens with zero attached hydrogens (tertiary/aromatic N) is 1. The average molecular weight is 260 g/mol. The van der Waals surface area contributed by atoms with Gasteiger partial charge in [0, 0.05) is 6.42 Å². The van der Waals surface area contributed by atoms with E-state index >= 15 is 0 Å². The van der Waals surface area contributed by atoms with Gasteiger partial charge in [-0.3, -0.25) is 19.7 Å². The standard InChI is InChI=1S/C13H12N2O4/c16-10-5-4-8(11(17)14-10)15-6-13-7(12(15)18)2-1-3-9(13)19-13/h1-3,8-9H,4-6H2,(H,14,16,17). The molecule has 1 N–H and O–H groups in total. The van der Waals surface area contributed by atoms with E-state index in [4.69, 9.17) is 4.74 Å². The lowest BCUT2D eigenvalue weighted by atomic mass is 9.94. The molecule has 3 amide bonds. The SMILES string of the molecule is O=C1CCC(N2CC34OC3C=CC=C4C2=O)C(=O)N1. The summed E-state index contributed by atoms with van der Waals surface area (Å²) in [6.45, 7) is 0.402. The monoisotopic (exact) mass is 260 g/mol. The van der Waals surface area contributed by atoms with E-state index in [1.54, 1.807) is 11.0 Å². The van der Waals surface area contributed by atoms with Gasteiger partial charge in [-0.05, 0) is 6.42 Å². The molecule has 0 aromatic heterocycles. The Labute approximate surface area is 109 Å². The number of hydrogen-bond acceptors (Lipinski definition) is 4. The molecule has 3 unspecified atom stereocenters. The van der Waals surface area contributed by atoms with Crippen LogP contribution in [0.15, 0.2) is 23.8 Å². The van der Waals surface area contributed by atoms with Crippen LogP contribution in [0.3, 0.4) is 0 Å². The number of rotatable bonds is 1. The number of piperidine rings is 1. The zero-order valence-corrected chi connectivity index (χ0v) is 10.1. The van der Waals surface area contributed by atoms with Gasteiger partial charge in [-0.15, -0.1) is 0 Å². The third kappa shape index (κ3) is 1.32. The second kappa shape index (κ2) is 3.33. The van der Waals surface area contributed by atoms with E-state index in [0.717, 1.165) is 0 Å². The van der Waals surface area contributed by atoms with Crippen LogP contribution in [0.25, 0.3) is 0 Å². The van der Waals surface area contributed by atoms with E-state index in [2.05, 4.69) is 5.32 Å². The third-order valence-electron chi connectivity index (χ3n) is 4.23. The van der Waals surface area contributed by atoms with Crippen molar-refractivity contribution in [3.05, 3.63) is 23.8 Å². The molecule has 0 aromatic carbocycles. The van der Waals surface area contributed by atoms with Crippen molar-refractivity contribution in [3.8, 4) is 0 Å². The molecule has 3 fully saturated rings. The molecule has 98 valence electrons. The predicted octanol–water partition coefficient (Wildman–Crippen LogP) is -0.732. The number of imide groups is 1.